The van der Waals surface area contributed by atoms with E-state index in [1.54, 1.807) is 32.4 Å². The van der Waals surface area contributed by atoms with Gasteiger partial charge < -0.3 is 20.1 Å². The first-order chi connectivity index (χ1) is 9.19. The Kier molecular flexibility index (Phi) is 6.10. The summed E-state index contributed by atoms with van der Waals surface area (Å²) in [5, 5.41) is 0. The Balaban J connectivity index is 0.00000200. The van der Waals surface area contributed by atoms with Crippen molar-refractivity contribution in [3.8, 4) is 11.5 Å². The summed E-state index contributed by atoms with van der Waals surface area (Å²) in [4.78, 5) is 14.4. The first-order valence-corrected chi connectivity index (χ1v) is 6.43. The number of amides is 1. The van der Waals surface area contributed by atoms with E-state index in [0.717, 1.165) is 19.4 Å². The van der Waals surface area contributed by atoms with Crippen molar-refractivity contribution in [1.82, 2.24) is 4.90 Å². The molecule has 1 saturated heterocycles. The minimum atomic E-state index is -0.00912. The van der Waals surface area contributed by atoms with Gasteiger partial charge in [0.2, 0.25) is 0 Å². The zero-order chi connectivity index (χ0) is 13.8. The highest BCUT2D eigenvalue weighted by molar-refractivity contribution is 5.95. The first-order valence-electron chi connectivity index (χ1n) is 6.43. The second-order valence-electron chi connectivity index (χ2n) is 4.63. The van der Waals surface area contributed by atoms with Gasteiger partial charge in [-0.05, 0) is 25.0 Å². The zero-order valence-corrected chi connectivity index (χ0v) is 12.6. The maximum atomic E-state index is 12.5. The molecule has 0 saturated carbocycles. The fourth-order valence-corrected chi connectivity index (χ4v) is 2.44. The molecular weight excluding hydrogens is 280 g/mol. The van der Waals surface area contributed by atoms with Gasteiger partial charge in [0.15, 0.2) is 0 Å². The second-order valence-corrected chi connectivity index (χ2v) is 4.63. The van der Waals surface area contributed by atoms with Gasteiger partial charge in [0.25, 0.3) is 5.91 Å². The van der Waals surface area contributed by atoms with Crippen LogP contribution in [-0.2, 0) is 0 Å². The molecule has 0 spiro atoms. The monoisotopic (exact) mass is 300 g/mol. The summed E-state index contributed by atoms with van der Waals surface area (Å²) in [5.74, 6) is 1.22. The fraction of sp³-hybridized carbons (Fsp3) is 0.500. The van der Waals surface area contributed by atoms with Crippen molar-refractivity contribution in [2.24, 2.45) is 5.73 Å². The van der Waals surface area contributed by atoms with Crippen LogP contribution in [0.3, 0.4) is 0 Å². The first kappa shape index (κ1) is 16.6. The molecule has 6 heteroatoms. The quantitative estimate of drug-likeness (QED) is 0.919. The van der Waals surface area contributed by atoms with E-state index in [2.05, 4.69) is 0 Å². The molecule has 1 unspecified atom stereocenters. The van der Waals surface area contributed by atoms with Crippen molar-refractivity contribution in [3.63, 3.8) is 0 Å². The van der Waals surface area contributed by atoms with Crippen LogP contribution in [0, 0.1) is 0 Å². The van der Waals surface area contributed by atoms with Crippen LogP contribution >= 0.6 is 12.4 Å². The van der Waals surface area contributed by atoms with E-state index >= 15 is 0 Å². The van der Waals surface area contributed by atoms with Crippen molar-refractivity contribution in [2.75, 3.05) is 27.3 Å². The summed E-state index contributed by atoms with van der Waals surface area (Å²) < 4.78 is 10.4. The molecule has 1 amide bonds. The third-order valence-corrected chi connectivity index (χ3v) is 3.51. The molecule has 1 aromatic rings. The van der Waals surface area contributed by atoms with Crippen LogP contribution in [0.4, 0.5) is 0 Å². The number of rotatable bonds is 4. The van der Waals surface area contributed by atoms with E-state index in [9.17, 15) is 4.79 Å². The second kappa shape index (κ2) is 7.36. The third kappa shape index (κ3) is 3.35. The van der Waals surface area contributed by atoms with Gasteiger partial charge in [0, 0.05) is 30.8 Å². The lowest BCUT2D eigenvalue weighted by Gasteiger charge is -2.23. The number of ether oxygens (including phenoxy) is 2. The molecule has 112 valence electrons. The van der Waals surface area contributed by atoms with Gasteiger partial charge in [-0.15, -0.1) is 12.4 Å². The number of nitrogens with two attached hydrogens (primary N) is 1. The van der Waals surface area contributed by atoms with Gasteiger partial charge in [-0.3, -0.25) is 4.79 Å². The minimum Gasteiger partial charge on any atom is -0.497 e. The van der Waals surface area contributed by atoms with Gasteiger partial charge in [-0.2, -0.15) is 0 Å². The van der Waals surface area contributed by atoms with E-state index in [1.807, 2.05) is 4.90 Å². The molecule has 1 aromatic carbocycles. The largest absolute Gasteiger partial charge is 0.497 e. The predicted molar refractivity (Wildman–Crippen MR) is 79.9 cm³/mol. The Labute approximate surface area is 125 Å². The Morgan fingerprint density at radius 3 is 2.40 bits per heavy atom. The van der Waals surface area contributed by atoms with Crippen LogP contribution in [0.5, 0.6) is 11.5 Å². The standard InChI is InChI=1S/C14H20N2O3.ClH/c1-18-12-6-10(7-13(8-12)19-2)14(17)16-5-3-4-11(16)9-15;/h6-8,11H,3-5,9,15H2,1-2H3;1H. The minimum absolute atomic E-state index is 0. The van der Waals surface area contributed by atoms with Crippen molar-refractivity contribution in [1.29, 1.82) is 0 Å². The van der Waals surface area contributed by atoms with E-state index in [-0.39, 0.29) is 24.4 Å². The molecule has 0 bridgehead atoms. The number of hydrogen-bond acceptors (Lipinski definition) is 4. The van der Waals surface area contributed by atoms with Crippen molar-refractivity contribution < 1.29 is 14.3 Å². The highest BCUT2D eigenvalue weighted by atomic mass is 35.5. The number of hydrogen-bond donors (Lipinski definition) is 1. The van der Waals surface area contributed by atoms with Crippen LogP contribution in [-0.4, -0.2) is 44.2 Å². The summed E-state index contributed by atoms with van der Waals surface area (Å²) in [6.07, 6.45) is 1.98. The maximum absolute atomic E-state index is 12.5. The molecule has 1 heterocycles. The number of carbonyl (C=O) groups excluding carboxylic acids is 1. The average Bonchev–Trinajstić information content (AvgIpc) is 2.94. The van der Waals surface area contributed by atoms with Crippen LogP contribution in [0.2, 0.25) is 0 Å². The van der Waals surface area contributed by atoms with Crippen LogP contribution in [0.1, 0.15) is 23.2 Å². The summed E-state index contributed by atoms with van der Waals surface area (Å²) in [5.41, 5.74) is 6.29. The molecular formula is C14H21ClN2O3. The normalized spacial score (nSPS) is 17.6. The molecule has 0 aromatic heterocycles. The van der Waals surface area contributed by atoms with Crippen LogP contribution < -0.4 is 15.2 Å². The molecule has 1 aliphatic heterocycles. The maximum Gasteiger partial charge on any atom is 0.254 e. The SMILES string of the molecule is COc1cc(OC)cc(C(=O)N2CCCC2CN)c1.Cl. The van der Waals surface area contributed by atoms with Crippen molar-refractivity contribution in [3.05, 3.63) is 23.8 Å². The number of methoxy groups -OCH3 is 2. The van der Waals surface area contributed by atoms with Crippen LogP contribution in [0.15, 0.2) is 18.2 Å². The molecule has 5 nitrogen and oxygen atoms in total. The van der Waals surface area contributed by atoms with E-state index < -0.39 is 0 Å². The van der Waals surface area contributed by atoms with E-state index in [1.165, 1.54) is 0 Å². The molecule has 1 fully saturated rings. The molecule has 1 atom stereocenters. The smallest absolute Gasteiger partial charge is 0.254 e. The Hall–Kier alpha value is -1.46. The summed E-state index contributed by atoms with van der Waals surface area (Å²) in [7, 11) is 3.14. The summed E-state index contributed by atoms with van der Waals surface area (Å²) in [6.45, 7) is 1.27. The molecule has 2 N–H and O–H groups in total. The zero-order valence-electron chi connectivity index (χ0n) is 11.8. The van der Waals surface area contributed by atoms with Crippen molar-refractivity contribution >= 4 is 18.3 Å². The van der Waals surface area contributed by atoms with E-state index in [0.29, 0.717) is 23.6 Å². The molecule has 0 aliphatic carbocycles. The topological polar surface area (TPSA) is 64.8 Å². The van der Waals surface area contributed by atoms with Crippen molar-refractivity contribution in [2.45, 2.75) is 18.9 Å². The number of benzene rings is 1. The van der Waals surface area contributed by atoms with Crippen LogP contribution in [0.25, 0.3) is 0 Å². The fourth-order valence-electron chi connectivity index (χ4n) is 2.44. The number of halogens is 1. The Morgan fingerprint density at radius 2 is 1.90 bits per heavy atom. The van der Waals surface area contributed by atoms with Gasteiger partial charge in [-0.25, -0.2) is 0 Å². The molecule has 20 heavy (non-hydrogen) atoms. The summed E-state index contributed by atoms with van der Waals surface area (Å²) >= 11 is 0. The van der Waals surface area contributed by atoms with Gasteiger partial charge >= 0.3 is 0 Å². The predicted octanol–water partition coefficient (Wildman–Crippen LogP) is 1.69. The molecule has 1 aliphatic rings. The van der Waals surface area contributed by atoms with Gasteiger partial charge in [-0.1, -0.05) is 0 Å². The number of likely N-dealkylation sites (tertiary alicyclic amines) is 1. The van der Waals surface area contributed by atoms with Gasteiger partial charge in [0.1, 0.15) is 11.5 Å². The van der Waals surface area contributed by atoms with E-state index in [4.69, 9.17) is 15.2 Å². The number of nitrogens with zero attached hydrogens (tertiary/aromatic N) is 1. The third-order valence-electron chi connectivity index (χ3n) is 3.51. The Morgan fingerprint density at radius 1 is 1.30 bits per heavy atom. The number of carbonyl (C=O) groups is 1. The highest BCUT2D eigenvalue weighted by Crippen LogP contribution is 2.26. The average molecular weight is 301 g/mol. The lowest BCUT2D eigenvalue weighted by molar-refractivity contribution is 0.0740. The summed E-state index contributed by atoms with van der Waals surface area (Å²) in [6, 6.07) is 5.36. The lowest BCUT2D eigenvalue weighted by Crippen LogP contribution is -2.39. The lowest BCUT2D eigenvalue weighted by atomic mass is 10.1. The molecule has 0 radical (unpaired) electrons. The highest BCUT2D eigenvalue weighted by Gasteiger charge is 2.28. The van der Waals surface area contributed by atoms with Gasteiger partial charge in [0.05, 0.1) is 14.2 Å². The molecule has 2 rings (SSSR count). The Bertz CT molecular complexity index is 445.